The SMILES string of the molecule is CC(C)OC(=O)C(C)(C)[C@H](O)C=C[C@@H](C)[C@H]1CC[C@H]2C(=CC=C3C[C@@H](O)C[C@H](O)C3)CCC[C@]12C. The van der Waals surface area contributed by atoms with Gasteiger partial charge in [0.2, 0.25) is 0 Å². The van der Waals surface area contributed by atoms with Crippen LogP contribution in [0.1, 0.15) is 92.9 Å². The quantitative estimate of drug-likeness (QED) is 0.326. The predicted molar refractivity (Wildman–Crippen MR) is 140 cm³/mol. The zero-order chi connectivity index (χ0) is 26.0. The number of hydrogen-bond acceptors (Lipinski definition) is 5. The Morgan fingerprint density at radius 3 is 2.37 bits per heavy atom. The second-order valence-corrected chi connectivity index (χ2v) is 12.5. The number of esters is 1. The van der Waals surface area contributed by atoms with Gasteiger partial charge in [-0.25, -0.2) is 0 Å². The van der Waals surface area contributed by atoms with Crippen LogP contribution in [-0.2, 0) is 9.53 Å². The molecule has 5 heteroatoms. The highest BCUT2D eigenvalue weighted by Crippen LogP contribution is 2.59. The summed E-state index contributed by atoms with van der Waals surface area (Å²) >= 11 is 0. The molecule has 0 aliphatic heterocycles. The zero-order valence-electron chi connectivity index (χ0n) is 22.7. The van der Waals surface area contributed by atoms with Crippen LogP contribution in [-0.4, -0.2) is 45.7 Å². The van der Waals surface area contributed by atoms with E-state index >= 15 is 0 Å². The Morgan fingerprint density at radius 1 is 1.09 bits per heavy atom. The molecule has 0 aromatic rings. The summed E-state index contributed by atoms with van der Waals surface area (Å²) in [5.41, 5.74) is 1.89. The summed E-state index contributed by atoms with van der Waals surface area (Å²) in [5.74, 6) is 1.00. The fourth-order valence-corrected chi connectivity index (χ4v) is 6.82. The van der Waals surface area contributed by atoms with Crippen LogP contribution in [0.5, 0.6) is 0 Å². The maximum absolute atomic E-state index is 12.4. The van der Waals surface area contributed by atoms with Crippen LogP contribution in [0.4, 0.5) is 0 Å². The van der Waals surface area contributed by atoms with Crippen molar-refractivity contribution < 1.29 is 24.9 Å². The first kappa shape index (κ1) is 28.1. The van der Waals surface area contributed by atoms with Gasteiger partial charge in [0, 0.05) is 0 Å². The number of rotatable bonds is 7. The molecule has 7 atom stereocenters. The zero-order valence-corrected chi connectivity index (χ0v) is 22.7. The van der Waals surface area contributed by atoms with Crippen molar-refractivity contribution in [2.75, 3.05) is 0 Å². The Labute approximate surface area is 212 Å². The maximum atomic E-state index is 12.4. The number of ether oxygens (including phenoxy) is 1. The fourth-order valence-electron chi connectivity index (χ4n) is 6.82. The molecule has 0 radical (unpaired) electrons. The van der Waals surface area contributed by atoms with Crippen molar-refractivity contribution in [2.45, 2.75) is 117 Å². The van der Waals surface area contributed by atoms with E-state index in [1.54, 1.807) is 19.9 Å². The van der Waals surface area contributed by atoms with Gasteiger partial charge in [0.25, 0.3) is 0 Å². The molecule has 3 fully saturated rings. The molecule has 3 N–H and O–H groups in total. The number of hydrogen-bond donors (Lipinski definition) is 3. The standard InChI is InChI=1S/C30H48O5/c1-19(2)35-28(34)29(4,5)27(33)14-9-20(3)25-12-13-26-22(8-7-15-30(25,26)6)11-10-21-16-23(31)18-24(32)17-21/h9-11,14,19-20,23-27,31-33H,7-8,12-13,15-18H2,1-6H3/t20-,23-,24-,25-,26+,27-,30-/m1/s1. The van der Waals surface area contributed by atoms with Crippen molar-refractivity contribution >= 4 is 5.97 Å². The highest BCUT2D eigenvalue weighted by Gasteiger charge is 2.50. The van der Waals surface area contributed by atoms with Crippen LogP contribution in [0.25, 0.3) is 0 Å². The van der Waals surface area contributed by atoms with Gasteiger partial charge in [-0.15, -0.1) is 0 Å². The average Bonchev–Trinajstić information content (AvgIpc) is 3.12. The van der Waals surface area contributed by atoms with E-state index < -0.39 is 23.7 Å². The van der Waals surface area contributed by atoms with Crippen LogP contribution in [0, 0.1) is 28.6 Å². The van der Waals surface area contributed by atoms with Gasteiger partial charge in [-0.05, 0) is 102 Å². The number of aliphatic hydroxyl groups excluding tert-OH is 3. The molecular weight excluding hydrogens is 440 g/mol. The lowest BCUT2D eigenvalue weighted by atomic mass is 9.61. The first-order chi connectivity index (χ1) is 16.3. The van der Waals surface area contributed by atoms with E-state index in [9.17, 15) is 20.1 Å². The van der Waals surface area contributed by atoms with E-state index in [0.29, 0.717) is 37.0 Å². The monoisotopic (exact) mass is 488 g/mol. The van der Waals surface area contributed by atoms with E-state index in [1.165, 1.54) is 24.8 Å². The summed E-state index contributed by atoms with van der Waals surface area (Å²) in [6, 6.07) is 0. The number of aliphatic hydroxyl groups is 3. The van der Waals surface area contributed by atoms with Gasteiger partial charge < -0.3 is 20.1 Å². The number of carbonyl (C=O) groups is 1. The van der Waals surface area contributed by atoms with Gasteiger partial charge in [0.1, 0.15) is 0 Å². The molecule has 3 saturated carbocycles. The Bertz CT molecular complexity index is 826. The van der Waals surface area contributed by atoms with Crippen LogP contribution in [0.15, 0.2) is 35.5 Å². The van der Waals surface area contributed by atoms with Gasteiger partial charge in [-0.2, -0.15) is 0 Å². The van der Waals surface area contributed by atoms with Gasteiger partial charge in [-0.3, -0.25) is 4.79 Å². The lowest BCUT2D eigenvalue weighted by Gasteiger charge is -2.44. The van der Waals surface area contributed by atoms with Crippen molar-refractivity contribution in [1.82, 2.24) is 0 Å². The molecule has 0 heterocycles. The number of allylic oxidation sites excluding steroid dienone is 4. The molecular formula is C30H48O5. The van der Waals surface area contributed by atoms with E-state index in [2.05, 4.69) is 32.1 Å². The molecule has 0 spiro atoms. The fraction of sp³-hybridized carbons (Fsp3) is 0.767. The summed E-state index contributed by atoms with van der Waals surface area (Å²) in [5, 5.41) is 30.8. The molecule has 0 aromatic heterocycles. The van der Waals surface area contributed by atoms with Gasteiger partial charge in [0.05, 0.1) is 29.8 Å². The Kier molecular flexibility index (Phi) is 9.10. The van der Waals surface area contributed by atoms with Gasteiger partial charge in [-0.1, -0.05) is 49.3 Å². The van der Waals surface area contributed by atoms with E-state index in [-0.39, 0.29) is 17.5 Å². The van der Waals surface area contributed by atoms with E-state index in [0.717, 1.165) is 18.4 Å². The summed E-state index contributed by atoms with van der Waals surface area (Å²) < 4.78 is 5.35. The third-order valence-electron chi connectivity index (χ3n) is 8.95. The summed E-state index contributed by atoms with van der Waals surface area (Å²) in [4.78, 5) is 12.4. The Hall–Kier alpha value is -1.43. The topological polar surface area (TPSA) is 87.0 Å². The minimum Gasteiger partial charge on any atom is -0.462 e. The molecule has 0 unspecified atom stereocenters. The van der Waals surface area contributed by atoms with Crippen LogP contribution < -0.4 is 0 Å². The lowest BCUT2D eigenvalue weighted by Crippen LogP contribution is -2.39. The Morgan fingerprint density at radius 2 is 1.74 bits per heavy atom. The Balaban J connectivity index is 1.69. The summed E-state index contributed by atoms with van der Waals surface area (Å²) in [6.07, 6.45) is 14.0. The summed E-state index contributed by atoms with van der Waals surface area (Å²) in [7, 11) is 0. The molecule has 0 amide bonds. The average molecular weight is 489 g/mol. The van der Waals surface area contributed by atoms with Crippen LogP contribution in [0.2, 0.25) is 0 Å². The molecule has 5 nitrogen and oxygen atoms in total. The minimum atomic E-state index is -0.989. The highest BCUT2D eigenvalue weighted by molar-refractivity contribution is 5.77. The van der Waals surface area contributed by atoms with Crippen LogP contribution in [0.3, 0.4) is 0 Å². The van der Waals surface area contributed by atoms with Gasteiger partial charge >= 0.3 is 5.97 Å². The smallest absolute Gasteiger partial charge is 0.314 e. The first-order valence-electron chi connectivity index (χ1n) is 13.7. The molecule has 3 aliphatic carbocycles. The number of carbonyl (C=O) groups excluding carboxylic acids is 1. The lowest BCUT2D eigenvalue weighted by molar-refractivity contribution is -0.162. The van der Waals surface area contributed by atoms with Crippen LogP contribution >= 0.6 is 0 Å². The second-order valence-electron chi connectivity index (χ2n) is 12.5. The molecule has 3 aliphatic rings. The molecule has 198 valence electrons. The molecule has 35 heavy (non-hydrogen) atoms. The molecule has 0 bridgehead atoms. The highest BCUT2D eigenvalue weighted by atomic mass is 16.5. The minimum absolute atomic E-state index is 0.204. The van der Waals surface area contributed by atoms with E-state index in [4.69, 9.17) is 4.74 Å². The molecule has 0 saturated heterocycles. The van der Waals surface area contributed by atoms with Crippen molar-refractivity contribution in [2.24, 2.45) is 28.6 Å². The third kappa shape index (κ3) is 6.47. The van der Waals surface area contributed by atoms with Crippen molar-refractivity contribution in [3.63, 3.8) is 0 Å². The largest absolute Gasteiger partial charge is 0.462 e. The van der Waals surface area contributed by atoms with Crippen molar-refractivity contribution in [3.05, 3.63) is 35.5 Å². The normalized spacial score (nSPS) is 34.8. The molecule has 0 aromatic carbocycles. The predicted octanol–water partition coefficient (Wildman–Crippen LogP) is 5.49. The van der Waals surface area contributed by atoms with Crippen molar-refractivity contribution in [3.8, 4) is 0 Å². The van der Waals surface area contributed by atoms with Gasteiger partial charge in [0.15, 0.2) is 0 Å². The molecule has 3 rings (SSSR count). The summed E-state index contributed by atoms with van der Waals surface area (Å²) in [6.45, 7) is 11.8. The van der Waals surface area contributed by atoms with Crippen molar-refractivity contribution in [1.29, 1.82) is 0 Å². The second kappa shape index (κ2) is 11.3. The first-order valence-corrected chi connectivity index (χ1v) is 13.7. The third-order valence-corrected chi connectivity index (χ3v) is 8.95. The number of fused-ring (bicyclic) bond motifs is 1. The maximum Gasteiger partial charge on any atom is 0.314 e. The van der Waals surface area contributed by atoms with E-state index in [1.807, 2.05) is 13.8 Å².